The Morgan fingerprint density at radius 2 is 1.64 bits per heavy atom. The van der Waals surface area contributed by atoms with Crippen LogP contribution in [0.5, 0.6) is 0 Å². The summed E-state index contributed by atoms with van der Waals surface area (Å²) >= 11 is 0. The number of nitrogens with zero attached hydrogens (tertiary/aromatic N) is 1. The zero-order valence-corrected chi connectivity index (χ0v) is 15.2. The molecule has 3 rings (SSSR count). The van der Waals surface area contributed by atoms with Gasteiger partial charge in [-0.05, 0) is 36.2 Å². The number of benzene rings is 2. The number of aliphatic hydroxyl groups is 1. The third kappa shape index (κ3) is 4.83. The van der Waals surface area contributed by atoms with Crippen molar-refractivity contribution in [3.05, 3.63) is 71.9 Å². The van der Waals surface area contributed by atoms with Gasteiger partial charge in [-0.2, -0.15) is 0 Å². The lowest BCUT2D eigenvalue weighted by Gasteiger charge is -2.13. The maximum absolute atomic E-state index is 12.1. The Bertz CT molecular complexity index is 892. The molecule has 1 heterocycles. The highest BCUT2D eigenvalue weighted by atomic mass is 16.3. The Balaban J connectivity index is 1.52. The Hall–Kier alpha value is -3.45. The molecule has 0 aliphatic carbocycles. The molecular formula is C21H21N3O4. The fourth-order valence-electron chi connectivity index (χ4n) is 2.83. The highest BCUT2D eigenvalue weighted by molar-refractivity contribution is 6.17. The normalized spacial score (nSPS) is 13.5. The first-order valence-corrected chi connectivity index (χ1v) is 8.96. The van der Waals surface area contributed by atoms with Crippen LogP contribution in [0.2, 0.25) is 0 Å². The van der Waals surface area contributed by atoms with E-state index in [0.29, 0.717) is 24.2 Å². The van der Waals surface area contributed by atoms with Gasteiger partial charge in [-0.3, -0.25) is 19.3 Å². The van der Waals surface area contributed by atoms with Crippen LogP contribution in [0.15, 0.2) is 66.4 Å². The van der Waals surface area contributed by atoms with E-state index in [1.807, 2.05) is 30.3 Å². The summed E-state index contributed by atoms with van der Waals surface area (Å²) in [5.41, 5.74) is 2.52. The molecule has 0 bridgehead atoms. The van der Waals surface area contributed by atoms with Crippen LogP contribution < -0.4 is 10.6 Å². The number of aryl methyl sites for hydroxylation is 1. The monoisotopic (exact) mass is 379 g/mol. The second kappa shape index (κ2) is 8.96. The molecule has 0 saturated carbocycles. The molecule has 0 saturated heterocycles. The van der Waals surface area contributed by atoms with Crippen LogP contribution in [0.4, 0.5) is 11.4 Å². The SMILES string of the molecule is O=C(CCc1ccccc1)Nc1ccc(NC2=CC(=O)N(CCO)C2=O)cc1. The molecule has 1 aliphatic heterocycles. The van der Waals surface area contributed by atoms with E-state index in [1.165, 1.54) is 6.08 Å². The molecule has 0 atom stereocenters. The molecule has 3 amide bonds. The second-order valence-electron chi connectivity index (χ2n) is 6.31. The second-order valence-corrected chi connectivity index (χ2v) is 6.31. The lowest BCUT2D eigenvalue weighted by Crippen LogP contribution is -2.34. The third-order valence-electron chi connectivity index (χ3n) is 4.26. The Labute approximate surface area is 162 Å². The number of nitrogens with one attached hydrogen (secondary N) is 2. The standard InChI is InChI=1S/C21H21N3O4/c25-13-12-24-20(27)14-18(21(24)28)22-16-7-9-17(10-8-16)23-19(26)11-6-15-4-2-1-3-5-15/h1-5,7-10,14,22,25H,6,11-13H2,(H,23,26). The van der Waals surface area contributed by atoms with Crippen molar-refractivity contribution in [2.24, 2.45) is 0 Å². The number of anilines is 2. The van der Waals surface area contributed by atoms with Gasteiger partial charge >= 0.3 is 0 Å². The van der Waals surface area contributed by atoms with Crippen LogP contribution in [0.3, 0.4) is 0 Å². The first-order chi connectivity index (χ1) is 13.6. The van der Waals surface area contributed by atoms with Gasteiger partial charge < -0.3 is 15.7 Å². The van der Waals surface area contributed by atoms with Gasteiger partial charge in [-0.25, -0.2) is 0 Å². The van der Waals surface area contributed by atoms with Gasteiger partial charge in [-0.1, -0.05) is 30.3 Å². The average molecular weight is 379 g/mol. The number of hydrogen-bond acceptors (Lipinski definition) is 5. The lowest BCUT2D eigenvalue weighted by atomic mass is 10.1. The fourth-order valence-corrected chi connectivity index (χ4v) is 2.83. The first-order valence-electron chi connectivity index (χ1n) is 8.96. The fraction of sp³-hybridized carbons (Fsp3) is 0.190. The quantitative estimate of drug-likeness (QED) is 0.609. The zero-order chi connectivity index (χ0) is 19.9. The summed E-state index contributed by atoms with van der Waals surface area (Å²) in [6, 6.07) is 16.7. The van der Waals surface area contributed by atoms with Gasteiger partial charge in [0.05, 0.1) is 13.2 Å². The van der Waals surface area contributed by atoms with Gasteiger partial charge in [0.25, 0.3) is 11.8 Å². The highest BCUT2D eigenvalue weighted by Crippen LogP contribution is 2.19. The summed E-state index contributed by atoms with van der Waals surface area (Å²) in [5.74, 6) is -1.01. The molecular weight excluding hydrogens is 358 g/mol. The van der Waals surface area contributed by atoms with Crippen LogP contribution in [0, 0.1) is 0 Å². The average Bonchev–Trinajstić information content (AvgIpc) is 2.96. The van der Waals surface area contributed by atoms with E-state index >= 15 is 0 Å². The Kier molecular flexibility index (Phi) is 6.18. The number of β-amino-alcohol motifs (C(OH)–C–C–N with tert-alkyl or cyclic N) is 1. The van der Waals surface area contributed by atoms with Crippen LogP contribution in [0.1, 0.15) is 12.0 Å². The van der Waals surface area contributed by atoms with Gasteiger partial charge in [0.2, 0.25) is 5.91 Å². The minimum Gasteiger partial charge on any atom is -0.395 e. The van der Waals surface area contributed by atoms with Crippen LogP contribution in [-0.4, -0.2) is 40.9 Å². The lowest BCUT2D eigenvalue weighted by molar-refractivity contribution is -0.137. The van der Waals surface area contributed by atoms with Crippen molar-refractivity contribution in [1.29, 1.82) is 0 Å². The van der Waals surface area contributed by atoms with Gasteiger partial charge in [-0.15, -0.1) is 0 Å². The number of aliphatic hydroxyl groups excluding tert-OH is 1. The van der Waals surface area contributed by atoms with Crippen LogP contribution >= 0.6 is 0 Å². The maximum Gasteiger partial charge on any atom is 0.277 e. The Morgan fingerprint density at radius 3 is 2.32 bits per heavy atom. The van der Waals surface area contributed by atoms with E-state index in [9.17, 15) is 14.4 Å². The minimum atomic E-state index is -0.475. The van der Waals surface area contributed by atoms with Crippen molar-refractivity contribution < 1.29 is 19.5 Å². The number of hydrogen-bond donors (Lipinski definition) is 3. The molecule has 0 spiro atoms. The van der Waals surface area contributed by atoms with Crippen molar-refractivity contribution in [2.75, 3.05) is 23.8 Å². The molecule has 2 aromatic rings. The van der Waals surface area contributed by atoms with E-state index in [4.69, 9.17) is 5.11 Å². The molecule has 0 aromatic heterocycles. The number of rotatable bonds is 8. The largest absolute Gasteiger partial charge is 0.395 e. The Morgan fingerprint density at radius 1 is 0.964 bits per heavy atom. The van der Waals surface area contributed by atoms with Crippen molar-refractivity contribution in [1.82, 2.24) is 4.90 Å². The van der Waals surface area contributed by atoms with Gasteiger partial charge in [0.15, 0.2) is 0 Å². The molecule has 7 nitrogen and oxygen atoms in total. The van der Waals surface area contributed by atoms with Crippen molar-refractivity contribution in [3.8, 4) is 0 Å². The predicted octanol–water partition coefficient (Wildman–Crippen LogP) is 1.91. The number of carbonyl (C=O) groups is 3. The van der Waals surface area contributed by atoms with E-state index in [2.05, 4.69) is 10.6 Å². The van der Waals surface area contributed by atoms with Crippen molar-refractivity contribution >= 4 is 29.1 Å². The first kappa shape index (κ1) is 19.3. The van der Waals surface area contributed by atoms with Crippen LogP contribution in [-0.2, 0) is 20.8 Å². The summed E-state index contributed by atoms with van der Waals surface area (Å²) in [7, 11) is 0. The summed E-state index contributed by atoms with van der Waals surface area (Å²) in [5, 5.41) is 14.6. The maximum atomic E-state index is 12.1. The molecule has 0 radical (unpaired) electrons. The van der Waals surface area contributed by atoms with Crippen molar-refractivity contribution in [3.63, 3.8) is 0 Å². The minimum absolute atomic E-state index is 0.0344. The smallest absolute Gasteiger partial charge is 0.277 e. The van der Waals surface area contributed by atoms with E-state index in [0.717, 1.165) is 10.5 Å². The molecule has 1 aliphatic rings. The van der Waals surface area contributed by atoms with Gasteiger partial charge in [0.1, 0.15) is 5.70 Å². The summed E-state index contributed by atoms with van der Waals surface area (Å²) in [6.07, 6.45) is 2.26. The van der Waals surface area contributed by atoms with E-state index in [-0.39, 0.29) is 24.8 Å². The topological polar surface area (TPSA) is 98.7 Å². The van der Waals surface area contributed by atoms with E-state index < -0.39 is 11.8 Å². The summed E-state index contributed by atoms with van der Waals surface area (Å²) in [6.45, 7) is -0.315. The molecule has 7 heteroatoms. The molecule has 144 valence electrons. The molecule has 0 fully saturated rings. The number of amides is 3. The third-order valence-corrected chi connectivity index (χ3v) is 4.26. The molecule has 2 aromatic carbocycles. The zero-order valence-electron chi connectivity index (χ0n) is 15.2. The summed E-state index contributed by atoms with van der Waals surface area (Å²) < 4.78 is 0. The van der Waals surface area contributed by atoms with Crippen LogP contribution in [0.25, 0.3) is 0 Å². The number of imide groups is 1. The number of carbonyl (C=O) groups excluding carboxylic acids is 3. The summed E-state index contributed by atoms with van der Waals surface area (Å²) in [4.78, 5) is 36.9. The molecule has 0 unspecified atom stereocenters. The predicted molar refractivity (Wildman–Crippen MR) is 105 cm³/mol. The van der Waals surface area contributed by atoms with E-state index in [1.54, 1.807) is 24.3 Å². The molecule has 3 N–H and O–H groups in total. The highest BCUT2D eigenvalue weighted by Gasteiger charge is 2.30. The van der Waals surface area contributed by atoms with Gasteiger partial charge in [0, 0.05) is 23.9 Å². The molecule has 28 heavy (non-hydrogen) atoms. The van der Waals surface area contributed by atoms with Crippen molar-refractivity contribution in [2.45, 2.75) is 12.8 Å².